The fourth-order valence-corrected chi connectivity index (χ4v) is 3.23. The number of hydrogen-bond donors (Lipinski definition) is 2. The summed E-state index contributed by atoms with van der Waals surface area (Å²) in [5.41, 5.74) is 2.01. The minimum Gasteiger partial charge on any atom is -0.497 e. The van der Waals surface area contributed by atoms with Gasteiger partial charge in [0.05, 0.1) is 33.3 Å². The molecule has 0 radical (unpaired) electrons. The second-order valence-corrected chi connectivity index (χ2v) is 6.64. The molecular weight excluding hydrogens is 338 g/mol. The number of hydrogen-bond acceptors (Lipinski definition) is 2. The van der Waals surface area contributed by atoms with Gasteiger partial charge in [-0.25, -0.2) is 4.79 Å². The van der Waals surface area contributed by atoms with Crippen molar-refractivity contribution in [2.45, 2.75) is 6.54 Å². The monoisotopic (exact) mass is 360 g/mol. The molecule has 0 aromatic heterocycles. The van der Waals surface area contributed by atoms with Gasteiger partial charge in [-0.3, -0.25) is 0 Å². The predicted molar refractivity (Wildman–Crippen MR) is 99.4 cm³/mol. The Hall–Kier alpha value is -2.24. The third-order valence-corrected chi connectivity index (χ3v) is 4.68. The van der Waals surface area contributed by atoms with Gasteiger partial charge in [0.25, 0.3) is 0 Å². The van der Waals surface area contributed by atoms with Gasteiger partial charge >= 0.3 is 6.03 Å². The molecule has 5 nitrogen and oxygen atoms in total. The first-order chi connectivity index (χ1) is 12.1. The molecule has 0 unspecified atom stereocenters. The zero-order valence-corrected chi connectivity index (χ0v) is 15.1. The second-order valence-electron chi connectivity index (χ2n) is 6.20. The highest BCUT2D eigenvalue weighted by Gasteiger charge is 2.23. The van der Waals surface area contributed by atoms with Crippen LogP contribution in [0, 0.1) is 0 Å². The molecule has 6 heteroatoms. The van der Waals surface area contributed by atoms with Gasteiger partial charge < -0.3 is 19.9 Å². The lowest BCUT2D eigenvalue weighted by Crippen LogP contribution is -3.13. The molecule has 1 heterocycles. The Balaban J connectivity index is 1.48. The number of piperazine rings is 1. The number of urea groups is 1. The Morgan fingerprint density at radius 2 is 1.92 bits per heavy atom. The summed E-state index contributed by atoms with van der Waals surface area (Å²) in [6.45, 7) is 4.30. The van der Waals surface area contributed by atoms with Gasteiger partial charge in [-0.1, -0.05) is 23.7 Å². The van der Waals surface area contributed by atoms with Crippen LogP contribution < -0.4 is 15.0 Å². The molecule has 0 atom stereocenters. The Kier molecular flexibility index (Phi) is 5.79. The SMILES string of the molecule is COc1ccc(NC(=O)N2CC[NH+](Cc3cccc(Cl)c3)CC2)cc1. The maximum atomic E-state index is 12.4. The predicted octanol–water partition coefficient (Wildman–Crippen LogP) is 2.28. The molecule has 3 rings (SSSR count). The fraction of sp³-hybridized carbons (Fsp3) is 0.316. The Labute approximate surface area is 153 Å². The highest BCUT2D eigenvalue weighted by Crippen LogP contribution is 2.15. The minimum atomic E-state index is -0.0491. The van der Waals surface area contributed by atoms with Crippen molar-refractivity contribution in [2.24, 2.45) is 0 Å². The third-order valence-electron chi connectivity index (χ3n) is 4.44. The van der Waals surface area contributed by atoms with Crippen molar-refractivity contribution in [3.63, 3.8) is 0 Å². The lowest BCUT2D eigenvalue weighted by atomic mass is 10.2. The maximum Gasteiger partial charge on any atom is 0.322 e. The zero-order chi connectivity index (χ0) is 17.6. The summed E-state index contributed by atoms with van der Waals surface area (Å²) in [5.74, 6) is 0.774. The van der Waals surface area contributed by atoms with Crippen LogP contribution in [0.1, 0.15) is 5.56 Å². The standard InChI is InChI=1S/C19H22ClN3O2/c1-25-18-7-5-17(6-8-18)21-19(24)23-11-9-22(10-12-23)14-15-3-2-4-16(20)13-15/h2-8,13H,9-12,14H2,1H3,(H,21,24)/p+1. The molecule has 2 aromatic rings. The number of amides is 2. The summed E-state index contributed by atoms with van der Waals surface area (Å²) >= 11 is 6.05. The van der Waals surface area contributed by atoms with Gasteiger partial charge in [0.2, 0.25) is 0 Å². The Morgan fingerprint density at radius 3 is 2.56 bits per heavy atom. The highest BCUT2D eigenvalue weighted by atomic mass is 35.5. The van der Waals surface area contributed by atoms with Gasteiger partial charge in [0.1, 0.15) is 12.3 Å². The number of halogens is 1. The number of carbonyl (C=O) groups excluding carboxylic acids is 1. The van der Waals surface area contributed by atoms with E-state index in [9.17, 15) is 4.79 Å². The van der Waals surface area contributed by atoms with E-state index in [1.807, 2.05) is 47.4 Å². The first kappa shape index (κ1) is 17.6. The molecule has 2 aromatic carbocycles. The number of quaternary nitrogens is 1. The molecule has 0 saturated carbocycles. The van der Waals surface area contributed by atoms with E-state index in [0.29, 0.717) is 0 Å². The van der Waals surface area contributed by atoms with Gasteiger partial charge in [-0.05, 0) is 36.4 Å². The summed E-state index contributed by atoms with van der Waals surface area (Å²) in [5, 5.41) is 3.71. The van der Waals surface area contributed by atoms with E-state index in [4.69, 9.17) is 16.3 Å². The number of carbonyl (C=O) groups is 1. The summed E-state index contributed by atoms with van der Waals surface area (Å²) in [7, 11) is 1.62. The van der Waals surface area contributed by atoms with Crippen LogP contribution >= 0.6 is 11.6 Å². The number of methoxy groups -OCH3 is 1. The average Bonchev–Trinajstić information content (AvgIpc) is 2.63. The van der Waals surface area contributed by atoms with Crippen molar-refractivity contribution >= 4 is 23.3 Å². The van der Waals surface area contributed by atoms with Crippen LogP contribution in [0.5, 0.6) is 5.75 Å². The van der Waals surface area contributed by atoms with E-state index in [1.165, 1.54) is 10.5 Å². The maximum absolute atomic E-state index is 12.4. The normalized spacial score (nSPS) is 15.0. The van der Waals surface area contributed by atoms with E-state index < -0.39 is 0 Å². The number of rotatable bonds is 4. The summed E-state index contributed by atoms with van der Waals surface area (Å²) < 4.78 is 5.12. The van der Waals surface area contributed by atoms with Crippen LogP contribution in [-0.2, 0) is 6.54 Å². The van der Waals surface area contributed by atoms with Gasteiger partial charge in [-0.15, -0.1) is 0 Å². The van der Waals surface area contributed by atoms with E-state index in [1.54, 1.807) is 7.11 Å². The van der Waals surface area contributed by atoms with Crippen molar-refractivity contribution in [3.05, 3.63) is 59.1 Å². The Morgan fingerprint density at radius 1 is 1.20 bits per heavy atom. The molecule has 2 N–H and O–H groups in total. The minimum absolute atomic E-state index is 0.0491. The van der Waals surface area contributed by atoms with Crippen molar-refractivity contribution in [3.8, 4) is 5.75 Å². The van der Waals surface area contributed by atoms with E-state index in [2.05, 4.69) is 11.4 Å². The number of benzene rings is 2. The quantitative estimate of drug-likeness (QED) is 0.878. The lowest BCUT2D eigenvalue weighted by molar-refractivity contribution is -0.917. The molecule has 1 aliphatic heterocycles. The van der Waals surface area contributed by atoms with E-state index in [0.717, 1.165) is 49.2 Å². The van der Waals surface area contributed by atoms with E-state index >= 15 is 0 Å². The van der Waals surface area contributed by atoms with Crippen molar-refractivity contribution in [2.75, 3.05) is 38.6 Å². The van der Waals surface area contributed by atoms with Crippen molar-refractivity contribution in [1.82, 2.24) is 4.90 Å². The van der Waals surface area contributed by atoms with Crippen LogP contribution in [0.3, 0.4) is 0 Å². The zero-order valence-electron chi connectivity index (χ0n) is 14.3. The van der Waals surface area contributed by atoms with Crippen LogP contribution in [0.4, 0.5) is 10.5 Å². The van der Waals surface area contributed by atoms with Gasteiger partial charge in [0, 0.05) is 16.3 Å². The van der Waals surface area contributed by atoms with Gasteiger partial charge in [0.15, 0.2) is 0 Å². The molecule has 0 bridgehead atoms. The van der Waals surface area contributed by atoms with Crippen LogP contribution in [-0.4, -0.2) is 44.2 Å². The first-order valence-corrected chi connectivity index (χ1v) is 8.80. The number of nitrogens with one attached hydrogen (secondary N) is 2. The smallest absolute Gasteiger partial charge is 0.322 e. The first-order valence-electron chi connectivity index (χ1n) is 8.42. The summed E-state index contributed by atoms with van der Waals surface area (Å²) in [4.78, 5) is 15.7. The van der Waals surface area contributed by atoms with Crippen molar-refractivity contribution in [1.29, 1.82) is 0 Å². The molecular formula is C19H23ClN3O2+. The number of nitrogens with zero attached hydrogens (tertiary/aromatic N) is 1. The molecule has 25 heavy (non-hydrogen) atoms. The molecule has 132 valence electrons. The molecule has 0 spiro atoms. The van der Waals surface area contributed by atoms with Gasteiger partial charge in [-0.2, -0.15) is 0 Å². The molecule has 0 aliphatic carbocycles. The van der Waals surface area contributed by atoms with E-state index in [-0.39, 0.29) is 6.03 Å². The average molecular weight is 361 g/mol. The Bertz CT molecular complexity index is 713. The van der Waals surface area contributed by atoms with Crippen LogP contribution in [0.25, 0.3) is 0 Å². The topological polar surface area (TPSA) is 46.0 Å². The van der Waals surface area contributed by atoms with Crippen molar-refractivity contribution < 1.29 is 14.4 Å². The number of anilines is 1. The largest absolute Gasteiger partial charge is 0.497 e. The van der Waals surface area contributed by atoms with Crippen LogP contribution in [0.2, 0.25) is 5.02 Å². The summed E-state index contributed by atoms with van der Waals surface area (Å²) in [6.07, 6.45) is 0. The number of ether oxygens (including phenoxy) is 1. The summed E-state index contributed by atoms with van der Waals surface area (Å²) in [6, 6.07) is 15.3. The third kappa shape index (κ3) is 4.87. The fourth-order valence-electron chi connectivity index (χ4n) is 3.02. The molecule has 1 saturated heterocycles. The molecule has 2 amide bonds. The molecule has 1 fully saturated rings. The highest BCUT2D eigenvalue weighted by molar-refractivity contribution is 6.30. The second kappa shape index (κ2) is 8.23. The van der Waals surface area contributed by atoms with Crippen LogP contribution in [0.15, 0.2) is 48.5 Å². The lowest BCUT2D eigenvalue weighted by Gasteiger charge is -2.32. The molecule has 1 aliphatic rings.